The van der Waals surface area contributed by atoms with Gasteiger partial charge in [0.05, 0.1) is 11.1 Å². The van der Waals surface area contributed by atoms with Gasteiger partial charge in [-0.2, -0.15) is 0 Å². The monoisotopic (exact) mass is 377 g/mol. The molecule has 1 atom stereocenters. The first-order valence-corrected chi connectivity index (χ1v) is 8.49. The highest BCUT2D eigenvalue weighted by molar-refractivity contribution is 6.31. The molecule has 3 rings (SSSR count). The molecule has 2 amide bonds. The molecule has 26 heavy (non-hydrogen) atoms. The van der Waals surface area contributed by atoms with Gasteiger partial charge in [-0.25, -0.2) is 9.37 Å². The standard InChI is InChI=1S/C18H17ClFN3O3/c19-13-9-11(5-6-14(13)20)18(25)23-8-2-3-12(23)10-26-15-4-1-7-22-16(15)17(21)24/h1,4-7,9,12H,2-3,8,10H2,(H2,21,24). The number of rotatable bonds is 5. The van der Waals surface area contributed by atoms with Gasteiger partial charge in [0.15, 0.2) is 11.4 Å². The summed E-state index contributed by atoms with van der Waals surface area (Å²) in [5.41, 5.74) is 5.66. The second-order valence-corrected chi connectivity index (χ2v) is 6.36. The van der Waals surface area contributed by atoms with E-state index in [-0.39, 0.29) is 35.0 Å². The number of hydrogen-bond donors (Lipinski definition) is 1. The van der Waals surface area contributed by atoms with Gasteiger partial charge in [0, 0.05) is 18.3 Å². The number of nitrogens with zero attached hydrogens (tertiary/aromatic N) is 2. The quantitative estimate of drug-likeness (QED) is 0.868. The number of hydrogen-bond acceptors (Lipinski definition) is 4. The van der Waals surface area contributed by atoms with Crippen LogP contribution in [0.1, 0.15) is 33.7 Å². The summed E-state index contributed by atoms with van der Waals surface area (Å²) in [6, 6.07) is 6.97. The van der Waals surface area contributed by atoms with Crippen molar-refractivity contribution in [1.82, 2.24) is 9.88 Å². The van der Waals surface area contributed by atoms with Crippen LogP contribution in [0.15, 0.2) is 36.5 Å². The molecule has 1 saturated heterocycles. The molecule has 6 nitrogen and oxygen atoms in total. The Hall–Kier alpha value is -2.67. The fourth-order valence-electron chi connectivity index (χ4n) is 2.95. The van der Waals surface area contributed by atoms with E-state index in [1.165, 1.54) is 24.4 Å². The van der Waals surface area contributed by atoms with Crippen LogP contribution in [0.5, 0.6) is 5.75 Å². The Morgan fingerprint density at radius 1 is 1.38 bits per heavy atom. The van der Waals surface area contributed by atoms with Crippen molar-refractivity contribution in [3.8, 4) is 5.75 Å². The average molecular weight is 378 g/mol. The third kappa shape index (κ3) is 3.77. The number of nitrogens with two attached hydrogens (primary N) is 1. The molecular formula is C18H17ClFN3O3. The summed E-state index contributed by atoms with van der Waals surface area (Å²) < 4.78 is 19.0. The van der Waals surface area contributed by atoms with Crippen molar-refractivity contribution in [3.63, 3.8) is 0 Å². The largest absolute Gasteiger partial charge is 0.489 e. The highest BCUT2D eigenvalue weighted by Gasteiger charge is 2.30. The molecule has 1 aliphatic heterocycles. The molecular weight excluding hydrogens is 361 g/mol. The van der Waals surface area contributed by atoms with Gasteiger partial charge in [-0.05, 0) is 43.2 Å². The Balaban J connectivity index is 1.71. The van der Waals surface area contributed by atoms with Gasteiger partial charge in [-0.1, -0.05) is 11.6 Å². The number of aromatic nitrogens is 1. The van der Waals surface area contributed by atoms with Crippen LogP contribution >= 0.6 is 11.6 Å². The Morgan fingerprint density at radius 3 is 2.92 bits per heavy atom. The first kappa shape index (κ1) is 18.1. The van der Waals surface area contributed by atoms with Crippen molar-refractivity contribution in [2.75, 3.05) is 13.2 Å². The molecule has 136 valence electrons. The molecule has 2 heterocycles. The predicted molar refractivity (Wildman–Crippen MR) is 93.7 cm³/mol. The minimum absolute atomic E-state index is 0.0497. The highest BCUT2D eigenvalue weighted by Crippen LogP contribution is 2.24. The van der Waals surface area contributed by atoms with Crippen LogP contribution in [0, 0.1) is 5.82 Å². The molecule has 0 saturated carbocycles. The van der Waals surface area contributed by atoms with Gasteiger partial charge in [-0.3, -0.25) is 9.59 Å². The van der Waals surface area contributed by atoms with E-state index in [0.717, 1.165) is 12.8 Å². The summed E-state index contributed by atoms with van der Waals surface area (Å²) in [7, 11) is 0. The van der Waals surface area contributed by atoms with Crippen molar-refractivity contribution in [2.45, 2.75) is 18.9 Å². The minimum Gasteiger partial charge on any atom is -0.489 e. The summed E-state index contributed by atoms with van der Waals surface area (Å²) in [6.45, 7) is 0.768. The van der Waals surface area contributed by atoms with E-state index >= 15 is 0 Å². The number of likely N-dealkylation sites (tertiary alicyclic amines) is 1. The molecule has 1 fully saturated rings. The summed E-state index contributed by atoms with van der Waals surface area (Å²) in [5.74, 6) is -1.20. The molecule has 8 heteroatoms. The van der Waals surface area contributed by atoms with Crippen LogP contribution in [0.4, 0.5) is 4.39 Å². The fraction of sp³-hybridized carbons (Fsp3) is 0.278. The maximum absolute atomic E-state index is 13.3. The van der Waals surface area contributed by atoms with Gasteiger partial charge < -0.3 is 15.4 Å². The van der Waals surface area contributed by atoms with Gasteiger partial charge in [0.2, 0.25) is 0 Å². The maximum Gasteiger partial charge on any atom is 0.271 e. The van der Waals surface area contributed by atoms with Crippen LogP contribution in [0.25, 0.3) is 0 Å². The molecule has 2 aromatic rings. The Morgan fingerprint density at radius 2 is 2.19 bits per heavy atom. The third-order valence-corrected chi connectivity index (χ3v) is 4.53. The van der Waals surface area contributed by atoms with Crippen LogP contribution in [0.2, 0.25) is 5.02 Å². The molecule has 1 aromatic heterocycles. The lowest BCUT2D eigenvalue weighted by Gasteiger charge is -2.25. The van der Waals surface area contributed by atoms with Crippen molar-refractivity contribution < 1.29 is 18.7 Å². The molecule has 1 unspecified atom stereocenters. The highest BCUT2D eigenvalue weighted by atomic mass is 35.5. The molecule has 0 spiro atoms. The zero-order valence-corrected chi connectivity index (χ0v) is 14.6. The van der Waals surface area contributed by atoms with Crippen LogP contribution in [0.3, 0.4) is 0 Å². The zero-order chi connectivity index (χ0) is 18.7. The number of pyridine rings is 1. The molecule has 2 N–H and O–H groups in total. The summed E-state index contributed by atoms with van der Waals surface area (Å²) in [4.78, 5) is 29.7. The first-order chi connectivity index (χ1) is 12.5. The van der Waals surface area contributed by atoms with Crippen molar-refractivity contribution in [1.29, 1.82) is 0 Å². The lowest BCUT2D eigenvalue weighted by molar-refractivity contribution is 0.0689. The van der Waals surface area contributed by atoms with Crippen LogP contribution in [-0.2, 0) is 0 Å². The number of primary amides is 1. The van der Waals surface area contributed by atoms with Gasteiger partial charge in [0.25, 0.3) is 11.8 Å². The summed E-state index contributed by atoms with van der Waals surface area (Å²) in [5, 5.41) is -0.0932. The Bertz CT molecular complexity index is 846. The van der Waals surface area contributed by atoms with E-state index in [2.05, 4.69) is 4.98 Å². The van der Waals surface area contributed by atoms with E-state index in [4.69, 9.17) is 22.1 Å². The number of carbonyl (C=O) groups is 2. The zero-order valence-electron chi connectivity index (χ0n) is 13.8. The fourth-order valence-corrected chi connectivity index (χ4v) is 3.13. The maximum atomic E-state index is 13.3. The smallest absolute Gasteiger partial charge is 0.271 e. The number of amides is 2. The minimum atomic E-state index is -0.680. The van der Waals surface area contributed by atoms with E-state index < -0.39 is 11.7 Å². The molecule has 0 aliphatic carbocycles. The van der Waals surface area contributed by atoms with Gasteiger partial charge in [0.1, 0.15) is 12.4 Å². The van der Waals surface area contributed by atoms with E-state index in [1.54, 1.807) is 17.0 Å². The number of halogens is 2. The summed E-state index contributed by atoms with van der Waals surface area (Å²) in [6.07, 6.45) is 3.04. The third-order valence-electron chi connectivity index (χ3n) is 4.24. The van der Waals surface area contributed by atoms with Crippen molar-refractivity contribution in [2.24, 2.45) is 5.73 Å². The van der Waals surface area contributed by atoms with Gasteiger partial charge >= 0.3 is 0 Å². The summed E-state index contributed by atoms with van der Waals surface area (Å²) >= 11 is 5.77. The second kappa shape index (κ2) is 7.70. The molecule has 0 radical (unpaired) electrons. The van der Waals surface area contributed by atoms with Crippen LogP contribution in [-0.4, -0.2) is 40.9 Å². The Kier molecular flexibility index (Phi) is 5.37. The number of carbonyl (C=O) groups excluding carboxylic acids is 2. The Labute approximate surface area is 154 Å². The molecule has 0 bridgehead atoms. The van der Waals surface area contributed by atoms with E-state index in [9.17, 15) is 14.0 Å². The van der Waals surface area contributed by atoms with Crippen molar-refractivity contribution >= 4 is 23.4 Å². The SMILES string of the molecule is NC(=O)c1ncccc1OCC1CCCN1C(=O)c1ccc(F)c(Cl)c1. The second-order valence-electron chi connectivity index (χ2n) is 5.95. The predicted octanol–water partition coefficient (Wildman–Crippen LogP) is 2.66. The normalized spacial score (nSPS) is 16.5. The van der Waals surface area contributed by atoms with Crippen molar-refractivity contribution in [3.05, 3.63) is 58.6 Å². The van der Waals surface area contributed by atoms with E-state index in [0.29, 0.717) is 12.1 Å². The van der Waals surface area contributed by atoms with Gasteiger partial charge in [-0.15, -0.1) is 0 Å². The molecule has 1 aliphatic rings. The topological polar surface area (TPSA) is 85.5 Å². The molecule has 1 aromatic carbocycles. The van der Waals surface area contributed by atoms with E-state index in [1.807, 2.05) is 0 Å². The number of benzene rings is 1. The van der Waals surface area contributed by atoms with Crippen LogP contribution < -0.4 is 10.5 Å². The number of ether oxygens (including phenoxy) is 1. The first-order valence-electron chi connectivity index (χ1n) is 8.11. The lowest BCUT2D eigenvalue weighted by Crippen LogP contribution is -2.39. The lowest BCUT2D eigenvalue weighted by atomic mass is 10.1. The average Bonchev–Trinajstić information content (AvgIpc) is 3.10.